The number of anilines is 1. The Morgan fingerprint density at radius 1 is 1.25 bits per heavy atom. The van der Waals surface area contributed by atoms with E-state index >= 15 is 0 Å². The monoisotopic (exact) mass is 348 g/mol. The van der Waals surface area contributed by atoms with Gasteiger partial charge in [0, 0.05) is 24.0 Å². The third kappa shape index (κ3) is 3.28. The summed E-state index contributed by atoms with van der Waals surface area (Å²) in [5.74, 6) is 0.701. The van der Waals surface area contributed by atoms with Crippen LogP contribution in [0.3, 0.4) is 0 Å². The zero-order valence-corrected chi connectivity index (χ0v) is 11.3. The average Bonchev–Trinajstić information content (AvgIpc) is 2.25. The van der Waals surface area contributed by atoms with E-state index in [1.807, 2.05) is 29.0 Å². The van der Waals surface area contributed by atoms with Crippen molar-refractivity contribution in [2.45, 2.75) is 6.54 Å². The second-order valence-corrected chi connectivity index (χ2v) is 3.45. The van der Waals surface area contributed by atoms with Gasteiger partial charge in [-0.25, -0.2) is 14.5 Å². The highest BCUT2D eigenvalue weighted by Gasteiger charge is 2.04. The number of pyridine rings is 1. The van der Waals surface area contributed by atoms with Crippen molar-refractivity contribution >= 4 is 17.4 Å². The lowest BCUT2D eigenvalue weighted by Crippen LogP contribution is -3.00. The standard InChI is InChI=1S/C10H9ClN4.HI/c11-10-13-5-8(6-14-10)7-15-4-2-1-3-9(15)12;/h1-6,12H,7H2;1H. The molecule has 0 aliphatic carbocycles. The topological polar surface area (TPSA) is 55.7 Å². The van der Waals surface area contributed by atoms with E-state index in [0.717, 1.165) is 5.56 Å². The maximum atomic E-state index is 5.79. The van der Waals surface area contributed by atoms with Crippen LogP contribution in [0.1, 0.15) is 5.56 Å². The van der Waals surface area contributed by atoms with E-state index in [1.54, 1.807) is 12.4 Å². The molecular formula is C10H10ClIN4. The van der Waals surface area contributed by atoms with Crippen LogP contribution in [0.15, 0.2) is 36.8 Å². The first-order valence-electron chi connectivity index (χ1n) is 4.46. The summed E-state index contributed by atoms with van der Waals surface area (Å²) in [6.07, 6.45) is 5.29. The first kappa shape index (κ1) is 13.1. The molecule has 84 valence electrons. The van der Waals surface area contributed by atoms with Crippen LogP contribution < -0.4 is 34.3 Å². The summed E-state index contributed by atoms with van der Waals surface area (Å²) in [6, 6.07) is 5.66. The number of aromatic nitrogens is 3. The minimum absolute atomic E-state index is 0. The van der Waals surface area contributed by atoms with Gasteiger partial charge in [0.1, 0.15) is 6.54 Å². The molecule has 6 heteroatoms. The Hall–Kier alpha value is -0.950. The molecule has 16 heavy (non-hydrogen) atoms. The van der Waals surface area contributed by atoms with Crippen molar-refractivity contribution in [3.05, 3.63) is 47.6 Å². The van der Waals surface area contributed by atoms with Crippen LogP contribution in [-0.4, -0.2) is 9.97 Å². The third-order valence-corrected chi connectivity index (χ3v) is 2.20. The number of halogens is 2. The van der Waals surface area contributed by atoms with Crippen molar-refractivity contribution in [3.8, 4) is 0 Å². The minimum Gasteiger partial charge on any atom is -1.00 e. The van der Waals surface area contributed by atoms with Gasteiger partial charge in [-0.3, -0.25) is 5.73 Å². The van der Waals surface area contributed by atoms with Crippen LogP contribution in [0.2, 0.25) is 5.28 Å². The van der Waals surface area contributed by atoms with Crippen molar-refractivity contribution in [1.29, 1.82) is 0 Å². The van der Waals surface area contributed by atoms with E-state index < -0.39 is 0 Å². The molecule has 2 rings (SSSR count). The Morgan fingerprint density at radius 3 is 2.56 bits per heavy atom. The molecule has 0 unspecified atom stereocenters. The quantitative estimate of drug-likeness (QED) is 0.390. The zero-order valence-electron chi connectivity index (χ0n) is 8.35. The Bertz CT molecular complexity index is 461. The van der Waals surface area contributed by atoms with Crippen molar-refractivity contribution in [3.63, 3.8) is 0 Å². The lowest BCUT2D eigenvalue weighted by molar-refractivity contribution is -0.674. The average molecular weight is 349 g/mol. The van der Waals surface area contributed by atoms with Crippen LogP contribution in [0, 0.1) is 0 Å². The van der Waals surface area contributed by atoms with E-state index in [0.29, 0.717) is 12.4 Å². The Kier molecular flexibility index (Phi) is 4.88. The molecule has 0 aromatic carbocycles. The van der Waals surface area contributed by atoms with E-state index in [9.17, 15) is 0 Å². The largest absolute Gasteiger partial charge is 1.00 e. The van der Waals surface area contributed by atoms with Crippen LogP contribution >= 0.6 is 11.6 Å². The Balaban J connectivity index is 0.00000128. The van der Waals surface area contributed by atoms with Crippen molar-refractivity contribution in [1.82, 2.24) is 9.97 Å². The smallest absolute Gasteiger partial charge is 0.272 e. The maximum absolute atomic E-state index is 5.79. The number of nitrogen functional groups attached to an aromatic ring is 1. The molecule has 0 aliphatic heterocycles. The molecule has 0 fully saturated rings. The van der Waals surface area contributed by atoms with Gasteiger partial charge in [0.05, 0.1) is 6.20 Å². The summed E-state index contributed by atoms with van der Waals surface area (Å²) in [5.41, 5.74) is 6.75. The predicted molar refractivity (Wildman–Crippen MR) is 57.2 cm³/mol. The number of hydrogen-bond donors (Lipinski definition) is 1. The van der Waals surface area contributed by atoms with Gasteiger partial charge in [-0.15, -0.1) is 0 Å². The first-order chi connectivity index (χ1) is 7.25. The normalized spacial score (nSPS) is 9.56. The Labute approximate surface area is 116 Å². The molecule has 4 nitrogen and oxygen atoms in total. The van der Waals surface area contributed by atoms with Gasteiger partial charge in [0.2, 0.25) is 5.28 Å². The van der Waals surface area contributed by atoms with Crippen molar-refractivity contribution in [2.24, 2.45) is 0 Å². The van der Waals surface area contributed by atoms with Crippen LogP contribution in [0.4, 0.5) is 5.82 Å². The second-order valence-electron chi connectivity index (χ2n) is 3.11. The van der Waals surface area contributed by atoms with E-state index in [-0.39, 0.29) is 29.3 Å². The maximum Gasteiger partial charge on any atom is 0.272 e. The number of nitrogens with zero attached hydrogens (tertiary/aromatic N) is 3. The number of nitrogens with two attached hydrogens (primary N) is 1. The fourth-order valence-electron chi connectivity index (χ4n) is 1.25. The summed E-state index contributed by atoms with van der Waals surface area (Å²) in [7, 11) is 0. The molecule has 0 aliphatic rings. The second kappa shape index (κ2) is 5.95. The summed E-state index contributed by atoms with van der Waals surface area (Å²) in [6.45, 7) is 0.643. The van der Waals surface area contributed by atoms with Gasteiger partial charge < -0.3 is 24.0 Å². The van der Waals surface area contributed by atoms with Crippen molar-refractivity contribution < 1.29 is 28.5 Å². The van der Waals surface area contributed by atoms with Crippen LogP contribution in [-0.2, 0) is 6.54 Å². The van der Waals surface area contributed by atoms with Gasteiger partial charge in [-0.1, -0.05) is 6.07 Å². The molecule has 2 aromatic heterocycles. The van der Waals surface area contributed by atoms with Gasteiger partial charge in [0.15, 0.2) is 0 Å². The molecule has 2 N–H and O–H groups in total. The summed E-state index contributed by atoms with van der Waals surface area (Å²) in [5, 5.41) is 0.254. The molecule has 0 bridgehead atoms. The molecule has 0 spiro atoms. The van der Waals surface area contributed by atoms with Gasteiger partial charge in [-0.2, -0.15) is 0 Å². The fraction of sp³-hybridized carbons (Fsp3) is 0.100. The molecule has 0 atom stereocenters. The van der Waals surface area contributed by atoms with Gasteiger partial charge >= 0.3 is 0 Å². The summed E-state index contributed by atoms with van der Waals surface area (Å²) < 4.78 is 1.91. The minimum atomic E-state index is 0. The lowest BCUT2D eigenvalue weighted by Gasteiger charge is -2.01. The van der Waals surface area contributed by atoms with E-state index in [2.05, 4.69) is 9.97 Å². The summed E-state index contributed by atoms with van der Waals surface area (Å²) in [4.78, 5) is 7.81. The van der Waals surface area contributed by atoms with E-state index in [1.165, 1.54) is 0 Å². The molecule has 0 radical (unpaired) electrons. The molecule has 0 saturated carbocycles. The molecule has 0 saturated heterocycles. The molecule has 2 aromatic rings. The summed E-state index contributed by atoms with van der Waals surface area (Å²) >= 11 is 5.59. The first-order valence-corrected chi connectivity index (χ1v) is 4.84. The van der Waals surface area contributed by atoms with Crippen LogP contribution in [0.5, 0.6) is 0 Å². The van der Waals surface area contributed by atoms with Crippen LogP contribution in [0.25, 0.3) is 0 Å². The highest BCUT2D eigenvalue weighted by atomic mass is 127. The van der Waals surface area contributed by atoms with Gasteiger partial charge in [-0.05, 0) is 17.7 Å². The van der Waals surface area contributed by atoms with E-state index in [4.69, 9.17) is 17.3 Å². The SMILES string of the molecule is Nc1cccc[n+]1Cc1cnc(Cl)nc1.[I-]. The van der Waals surface area contributed by atoms with Gasteiger partial charge in [0.25, 0.3) is 5.82 Å². The third-order valence-electron chi connectivity index (χ3n) is 2.00. The highest BCUT2D eigenvalue weighted by molar-refractivity contribution is 6.28. The number of rotatable bonds is 2. The molecule has 2 heterocycles. The van der Waals surface area contributed by atoms with Crippen molar-refractivity contribution in [2.75, 3.05) is 5.73 Å². The molecule has 0 amide bonds. The Morgan fingerprint density at radius 2 is 1.94 bits per heavy atom. The fourth-order valence-corrected chi connectivity index (χ4v) is 1.35. The zero-order chi connectivity index (χ0) is 10.7. The highest BCUT2D eigenvalue weighted by Crippen LogP contribution is 2.01. The number of hydrogen-bond acceptors (Lipinski definition) is 3. The lowest BCUT2D eigenvalue weighted by atomic mass is 10.3. The molecular weight excluding hydrogens is 338 g/mol. The predicted octanol–water partition coefficient (Wildman–Crippen LogP) is -1.95.